The molecule has 0 spiro atoms. The Kier molecular flexibility index (Phi) is 4.90. The number of aromatic nitrogens is 3. The van der Waals surface area contributed by atoms with Crippen LogP contribution in [0.25, 0.3) is 0 Å². The van der Waals surface area contributed by atoms with Crippen molar-refractivity contribution in [3.63, 3.8) is 0 Å². The molecule has 0 saturated carbocycles. The lowest BCUT2D eigenvalue weighted by Crippen LogP contribution is -2.26. The molecule has 0 aliphatic heterocycles. The summed E-state index contributed by atoms with van der Waals surface area (Å²) >= 11 is 5.66. The molecular weight excluding hydrogens is 200 g/mol. The van der Waals surface area contributed by atoms with Crippen molar-refractivity contribution in [1.29, 1.82) is 0 Å². The van der Waals surface area contributed by atoms with Crippen LogP contribution in [0.15, 0.2) is 6.33 Å². The Hall–Kier alpha value is -0.610. The Balaban J connectivity index is 2.44. The van der Waals surface area contributed by atoms with Crippen LogP contribution in [0.4, 0.5) is 0 Å². The fourth-order valence-corrected chi connectivity index (χ4v) is 1.42. The molecule has 0 atom stereocenters. The van der Waals surface area contributed by atoms with E-state index in [1.807, 2.05) is 11.7 Å². The zero-order valence-electron chi connectivity index (χ0n) is 8.78. The van der Waals surface area contributed by atoms with Gasteiger partial charge in [0.1, 0.15) is 12.2 Å². The van der Waals surface area contributed by atoms with Crippen LogP contribution >= 0.6 is 11.6 Å². The fourth-order valence-electron chi connectivity index (χ4n) is 1.30. The summed E-state index contributed by atoms with van der Waals surface area (Å²) in [6.07, 6.45) is 2.61. The van der Waals surface area contributed by atoms with E-state index in [9.17, 15) is 0 Å². The molecule has 1 rings (SSSR count). The predicted molar refractivity (Wildman–Crippen MR) is 57.3 cm³/mol. The highest BCUT2D eigenvalue weighted by Crippen LogP contribution is 2.01. The quantitative estimate of drug-likeness (QED) is 0.672. The molecule has 5 heteroatoms. The maximum absolute atomic E-state index is 5.66. The molecule has 80 valence electrons. The first-order valence-corrected chi connectivity index (χ1v) is 5.42. The van der Waals surface area contributed by atoms with Crippen molar-refractivity contribution in [2.75, 3.05) is 19.0 Å². The van der Waals surface area contributed by atoms with Gasteiger partial charge in [-0.15, -0.1) is 11.6 Å². The van der Waals surface area contributed by atoms with Gasteiger partial charge in [-0.2, -0.15) is 5.10 Å². The summed E-state index contributed by atoms with van der Waals surface area (Å²) in [4.78, 5) is 6.50. The summed E-state index contributed by atoms with van der Waals surface area (Å²) in [7, 11) is 1.91. The summed E-state index contributed by atoms with van der Waals surface area (Å²) in [5.74, 6) is 1.72. The molecule has 0 aromatic carbocycles. The van der Waals surface area contributed by atoms with Crippen molar-refractivity contribution in [2.45, 2.75) is 19.9 Å². The minimum absolute atomic E-state index is 0.718. The largest absolute Gasteiger partial charge is 0.296 e. The van der Waals surface area contributed by atoms with Crippen molar-refractivity contribution in [1.82, 2.24) is 19.7 Å². The summed E-state index contributed by atoms with van der Waals surface area (Å²) in [6, 6.07) is 0. The second-order valence-electron chi connectivity index (χ2n) is 3.21. The Labute approximate surface area is 89.9 Å². The van der Waals surface area contributed by atoms with Crippen molar-refractivity contribution in [3.05, 3.63) is 12.2 Å². The highest BCUT2D eigenvalue weighted by Gasteiger charge is 2.06. The van der Waals surface area contributed by atoms with Crippen molar-refractivity contribution in [3.8, 4) is 0 Å². The maximum atomic E-state index is 5.66. The van der Waals surface area contributed by atoms with E-state index in [0.29, 0.717) is 0 Å². The van der Waals surface area contributed by atoms with Gasteiger partial charge in [0, 0.05) is 12.9 Å². The Bertz CT molecular complexity index is 261. The highest BCUT2D eigenvalue weighted by atomic mass is 35.5. The second kappa shape index (κ2) is 5.98. The molecule has 0 saturated heterocycles. The number of halogens is 1. The van der Waals surface area contributed by atoms with E-state index >= 15 is 0 Å². The zero-order valence-corrected chi connectivity index (χ0v) is 9.54. The van der Waals surface area contributed by atoms with Gasteiger partial charge in [0.15, 0.2) is 0 Å². The SMILES string of the molecule is CCN(CCCCl)Cc1ncnn1C. The monoisotopic (exact) mass is 216 g/mol. The third-order valence-electron chi connectivity index (χ3n) is 2.23. The lowest BCUT2D eigenvalue weighted by Gasteiger charge is -2.18. The second-order valence-corrected chi connectivity index (χ2v) is 3.59. The van der Waals surface area contributed by atoms with Crippen molar-refractivity contribution < 1.29 is 0 Å². The smallest absolute Gasteiger partial charge is 0.140 e. The van der Waals surface area contributed by atoms with Gasteiger partial charge < -0.3 is 0 Å². The third kappa shape index (κ3) is 3.27. The van der Waals surface area contributed by atoms with Gasteiger partial charge in [-0.3, -0.25) is 9.58 Å². The van der Waals surface area contributed by atoms with Crippen LogP contribution in [0, 0.1) is 0 Å². The molecule has 0 radical (unpaired) electrons. The Morgan fingerprint density at radius 3 is 2.86 bits per heavy atom. The molecule has 14 heavy (non-hydrogen) atoms. The molecular formula is C9H17ClN4. The van der Waals surface area contributed by atoms with E-state index in [1.54, 1.807) is 6.33 Å². The van der Waals surface area contributed by atoms with E-state index in [2.05, 4.69) is 21.9 Å². The lowest BCUT2D eigenvalue weighted by molar-refractivity contribution is 0.270. The molecule has 0 unspecified atom stereocenters. The van der Waals surface area contributed by atoms with Crippen LogP contribution in [-0.2, 0) is 13.6 Å². The van der Waals surface area contributed by atoms with Crippen LogP contribution in [0.3, 0.4) is 0 Å². The van der Waals surface area contributed by atoms with Crippen LogP contribution < -0.4 is 0 Å². The summed E-state index contributed by atoms with van der Waals surface area (Å²) in [5.41, 5.74) is 0. The molecule has 0 aliphatic carbocycles. The molecule has 0 aliphatic rings. The molecule has 0 bridgehead atoms. The van der Waals surface area contributed by atoms with E-state index in [1.165, 1.54) is 0 Å². The van der Waals surface area contributed by atoms with Gasteiger partial charge in [-0.1, -0.05) is 6.92 Å². The third-order valence-corrected chi connectivity index (χ3v) is 2.49. The van der Waals surface area contributed by atoms with Crippen LogP contribution in [0.2, 0.25) is 0 Å². The molecule has 1 aromatic rings. The minimum Gasteiger partial charge on any atom is -0.296 e. The lowest BCUT2D eigenvalue weighted by atomic mass is 10.4. The fraction of sp³-hybridized carbons (Fsp3) is 0.778. The van der Waals surface area contributed by atoms with Crippen LogP contribution in [0.5, 0.6) is 0 Å². The molecule has 0 N–H and O–H groups in total. The first-order chi connectivity index (χ1) is 6.77. The Morgan fingerprint density at radius 2 is 2.36 bits per heavy atom. The average molecular weight is 217 g/mol. The van der Waals surface area contributed by atoms with E-state index in [4.69, 9.17) is 11.6 Å². The molecule has 0 fully saturated rings. The van der Waals surface area contributed by atoms with Gasteiger partial charge >= 0.3 is 0 Å². The zero-order chi connectivity index (χ0) is 10.4. The van der Waals surface area contributed by atoms with Crippen molar-refractivity contribution in [2.24, 2.45) is 7.05 Å². The summed E-state index contributed by atoms with van der Waals surface area (Å²) < 4.78 is 1.81. The van der Waals surface area contributed by atoms with Crippen molar-refractivity contribution >= 4 is 11.6 Å². The summed E-state index contributed by atoms with van der Waals surface area (Å²) in [5, 5.41) is 4.04. The van der Waals surface area contributed by atoms with E-state index < -0.39 is 0 Å². The van der Waals surface area contributed by atoms with E-state index in [-0.39, 0.29) is 0 Å². The average Bonchev–Trinajstić information content (AvgIpc) is 2.59. The van der Waals surface area contributed by atoms with Gasteiger partial charge in [-0.25, -0.2) is 4.98 Å². The maximum Gasteiger partial charge on any atom is 0.140 e. The van der Waals surface area contributed by atoms with Gasteiger partial charge in [-0.05, 0) is 19.5 Å². The molecule has 0 amide bonds. The number of hydrogen-bond acceptors (Lipinski definition) is 3. The van der Waals surface area contributed by atoms with Gasteiger partial charge in [0.05, 0.1) is 6.54 Å². The summed E-state index contributed by atoms with van der Waals surface area (Å²) in [6.45, 7) is 5.03. The number of alkyl halides is 1. The van der Waals surface area contributed by atoms with Gasteiger partial charge in [0.25, 0.3) is 0 Å². The van der Waals surface area contributed by atoms with Crippen LogP contribution in [0.1, 0.15) is 19.2 Å². The topological polar surface area (TPSA) is 34.0 Å². The first kappa shape index (κ1) is 11.5. The molecule has 1 aromatic heterocycles. The first-order valence-electron chi connectivity index (χ1n) is 4.89. The standard InChI is InChI=1S/C9H17ClN4/c1-3-14(6-4-5-10)7-9-11-8-12-13(9)2/h8H,3-7H2,1-2H3. The number of hydrogen-bond donors (Lipinski definition) is 0. The van der Waals surface area contributed by atoms with Gasteiger partial charge in [0.2, 0.25) is 0 Å². The Morgan fingerprint density at radius 1 is 1.57 bits per heavy atom. The normalized spacial score (nSPS) is 11.1. The number of aryl methyl sites for hydroxylation is 1. The number of nitrogens with zero attached hydrogens (tertiary/aromatic N) is 4. The van der Waals surface area contributed by atoms with E-state index in [0.717, 1.165) is 37.8 Å². The highest BCUT2D eigenvalue weighted by molar-refractivity contribution is 6.17. The molecule has 4 nitrogen and oxygen atoms in total. The number of rotatable bonds is 6. The predicted octanol–water partition coefficient (Wildman–Crippen LogP) is 1.27. The van der Waals surface area contributed by atoms with Crippen LogP contribution in [-0.4, -0.2) is 38.6 Å². The minimum atomic E-state index is 0.718. The molecule has 1 heterocycles.